The standard InChI is InChI=1S/C20H23ClN2O2/c21-18-7-6-16(22-10-3-4-11-22)13-17(18)19(24)23-12-9-20(25)8-2-1-5-15(20)14-23/h3-4,6-7,10-11,13,15,25H,1-2,5,8-9,12,14H2/t15-,20+/m1/s1. The minimum Gasteiger partial charge on any atom is -0.389 e. The lowest BCUT2D eigenvalue weighted by Gasteiger charge is -2.47. The number of likely N-dealkylation sites (tertiary alicyclic amines) is 1. The van der Waals surface area contributed by atoms with E-state index in [2.05, 4.69) is 0 Å². The second-order valence-electron chi connectivity index (χ2n) is 7.30. The van der Waals surface area contributed by atoms with Gasteiger partial charge < -0.3 is 14.6 Å². The second-order valence-corrected chi connectivity index (χ2v) is 7.71. The van der Waals surface area contributed by atoms with Crippen LogP contribution in [0.1, 0.15) is 42.5 Å². The third-order valence-corrected chi connectivity index (χ3v) is 6.13. The lowest BCUT2D eigenvalue weighted by molar-refractivity contribution is -0.0886. The monoisotopic (exact) mass is 358 g/mol. The maximum absolute atomic E-state index is 13.1. The van der Waals surface area contributed by atoms with Gasteiger partial charge in [-0.15, -0.1) is 0 Å². The zero-order valence-corrected chi connectivity index (χ0v) is 15.0. The molecule has 5 heteroatoms. The van der Waals surface area contributed by atoms with Gasteiger partial charge in [-0.25, -0.2) is 0 Å². The highest BCUT2D eigenvalue weighted by atomic mass is 35.5. The average Bonchev–Trinajstić information content (AvgIpc) is 3.15. The number of amides is 1. The van der Waals surface area contributed by atoms with E-state index in [1.807, 2.05) is 46.1 Å². The van der Waals surface area contributed by atoms with E-state index < -0.39 is 5.60 Å². The molecule has 2 aromatic rings. The van der Waals surface area contributed by atoms with Crippen molar-refractivity contribution >= 4 is 17.5 Å². The number of aromatic nitrogens is 1. The molecule has 1 N–H and O–H groups in total. The first-order chi connectivity index (χ1) is 12.1. The molecule has 0 spiro atoms. The Balaban J connectivity index is 1.58. The Morgan fingerprint density at radius 2 is 2.00 bits per heavy atom. The van der Waals surface area contributed by atoms with Gasteiger partial charge in [-0.1, -0.05) is 24.4 Å². The van der Waals surface area contributed by atoms with Crippen LogP contribution in [0.15, 0.2) is 42.7 Å². The summed E-state index contributed by atoms with van der Waals surface area (Å²) in [4.78, 5) is 14.9. The molecule has 4 rings (SSSR count). The highest BCUT2D eigenvalue weighted by Crippen LogP contribution is 2.40. The second kappa shape index (κ2) is 6.50. The molecule has 2 heterocycles. The molecule has 2 fully saturated rings. The van der Waals surface area contributed by atoms with Crippen molar-refractivity contribution in [3.8, 4) is 5.69 Å². The van der Waals surface area contributed by atoms with E-state index >= 15 is 0 Å². The van der Waals surface area contributed by atoms with Crippen molar-refractivity contribution in [1.29, 1.82) is 0 Å². The highest BCUT2D eigenvalue weighted by Gasteiger charge is 2.43. The van der Waals surface area contributed by atoms with Gasteiger partial charge in [0.1, 0.15) is 0 Å². The number of piperidine rings is 1. The predicted octanol–water partition coefficient (Wildman–Crippen LogP) is 3.90. The molecule has 1 amide bonds. The van der Waals surface area contributed by atoms with Crippen LogP contribution in [0.5, 0.6) is 0 Å². The van der Waals surface area contributed by atoms with Crippen molar-refractivity contribution in [3.05, 3.63) is 53.3 Å². The van der Waals surface area contributed by atoms with Crippen LogP contribution in [0, 0.1) is 5.92 Å². The molecule has 1 saturated heterocycles. The smallest absolute Gasteiger partial charge is 0.255 e. The maximum Gasteiger partial charge on any atom is 0.255 e. The normalized spacial score (nSPS) is 26.3. The molecule has 0 unspecified atom stereocenters. The third-order valence-electron chi connectivity index (χ3n) is 5.80. The molecule has 4 nitrogen and oxygen atoms in total. The summed E-state index contributed by atoms with van der Waals surface area (Å²) in [7, 11) is 0. The number of benzene rings is 1. The number of carbonyl (C=O) groups is 1. The van der Waals surface area contributed by atoms with E-state index in [9.17, 15) is 9.90 Å². The topological polar surface area (TPSA) is 45.5 Å². The zero-order valence-electron chi connectivity index (χ0n) is 14.2. The predicted molar refractivity (Wildman–Crippen MR) is 98.2 cm³/mol. The highest BCUT2D eigenvalue weighted by molar-refractivity contribution is 6.33. The van der Waals surface area contributed by atoms with Crippen molar-refractivity contribution in [2.24, 2.45) is 5.92 Å². The number of rotatable bonds is 2. The first-order valence-corrected chi connectivity index (χ1v) is 9.39. The van der Waals surface area contributed by atoms with Gasteiger partial charge in [0.15, 0.2) is 0 Å². The quantitative estimate of drug-likeness (QED) is 0.885. The molecule has 0 radical (unpaired) electrons. The summed E-state index contributed by atoms with van der Waals surface area (Å²) in [5.74, 6) is 0.150. The Hall–Kier alpha value is -1.78. The van der Waals surface area contributed by atoms with Gasteiger partial charge in [0.25, 0.3) is 5.91 Å². The Kier molecular flexibility index (Phi) is 4.34. The Labute approximate surface area is 153 Å². The van der Waals surface area contributed by atoms with E-state index in [0.717, 1.165) is 31.4 Å². The summed E-state index contributed by atoms with van der Waals surface area (Å²) < 4.78 is 1.96. The number of fused-ring (bicyclic) bond motifs is 1. The fourth-order valence-electron chi connectivity index (χ4n) is 4.27. The minimum absolute atomic E-state index is 0.0355. The van der Waals surface area contributed by atoms with Gasteiger partial charge >= 0.3 is 0 Å². The van der Waals surface area contributed by atoms with E-state index in [-0.39, 0.29) is 11.8 Å². The summed E-state index contributed by atoms with van der Waals surface area (Å²) in [6.45, 7) is 1.22. The molecule has 25 heavy (non-hydrogen) atoms. The van der Waals surface area contributed by atoms with Crippen molar-refractivity contribution in [1.82, 2.24) is 9.47 Å². The van der Waals surface area contributed by atoms with Gasteiger partial charge in [-0.3, -0.25) is 4.79 Å². The lowest BCUT2D eigenvalue weighted by Crippen LogP contribution is -2.54. The molecule has 1 aromatic heterocycles. The summed E-state index contributed by atoms with van der Waals surface area (Å²) in [5.41, 5.74) is 0.879. The van der Waals surface area contributed by atoms with Crippen molar-refractivity contribution < 1.29 is 9.90 Å². The summed E-state index contributed by atoms with van der Waals surface area (Å²) in [5, 5.41) is 11.3. The molecule has 1 saturated carbocycles. The molecular formula is C20H23ClN2O2. The molecule has 2 aliphatic rings. The summed E-state index contributed by atoms with van der Waals surface area (Å²) >= 11 is 6.33. The molecule has 1 aliphatic heterocycles. The van der Waals surface area contributed by atoms with Gasteiger partial charge in [0, 0.05) is 37.1 Å². The maximum atomic E-state index is 13.1. The molecule has 2 atom stereocenters. The first kappa shape index (κ1) is 16.7. The van der Waals surface area contributed by atoms with Crippen LogP contribution in [-0.2, 0) is 0 Å². The van der Waals surface area contributed by atoms with Crippen molar-refractivity contribution in [3.63, 3.8) is 0 Å². The molecule has 0 bridgehead atoms. The fraction of sp³-hybridized carbons (Fsp3) is 0.450. The zero-order chi connectivity index (χ0) is 17.4. The van der Waals surface area contributed by atoms with Crippen LogP contribution in [0.2, 0.25) is 5.02 Å². The number of carbonyl (C=O) groups excluding carboxylic acids is 1. The van der Waals surface area contributed by atoms with Gasteiger partial charge in [0.2, 0.25) is 0 Å². The van der Waals surface area contributed by atoms with Gasteiger partial charge in [0.05, 0.1) is 16.2 Å². The van der Waals surface area contributed by atoms with Crippen LogP contribution in [0.25, 0.3) is 5.69 Å². The number of nitrogens with zero attached hydrogens (tertiary/aromatic N) is 2. The Morgan fingerprint density at radius 1 is 1.20 bits per heavy atom. The largest absolute Gasteiger partial charge is 0.389 e. The van der Waals surface area contributed by atoms with Crippen LogP contribution >= 0.6 is 11.6 Å². The average molecular weight is 359 g/mol. The van der Waals surface area contributed by atoms with Crippen LogP contribution < -0.4 is 0 Å². The Bertz CT molecular complexity index is 774. The van der Waals surface area contributed by atoms with E-state index in [1.165, 1.54) is 0 Å². The molecule has 1 aromatic carbocycles. The van der Waals surface area contributed by atoms with E-state index in [0.29, 0.717) is 30.1 Å². The van der Waals surface area contributed by atoms with Crippen molar-refractivity contribution in [2.45, 2.75) is 37.7 Å². The van der Waals surface area contributed by atoms with Crippen LogP contribution in [0.4, 0.5) is 0 Å². The minimum atomic E-state index is -0.578. The first-order valence-electron chi connectivity index (χ1n) is 9.01. The number of hydrogen-bond donors (Lipinski definition) is 1. The molecule has 132 valence electrons. The van der Waals surface area contributed by atoms with Crippen LogP contribution in [-0.4, -0.2) is 39.2 Å². The number of aliphatic hydroxyl groups is 1. The van der Waals surface area contributed by atoms with E-state index in [1.54, 1.807) is 6.07 Å². The molecular weight excluding hydrogens is 336 g/mol. The molecule has 1 aliphatic carbocycles. The fourth-order valence-corrected chi connectivity index (χ4v) is 4.47. The summed E-state index contributed by atoms with van der Waals surface area (Å²) in [6, 6.07) is 9.45. The third kappa shape index (κ3) is 3.09. The number of halogens is 1. The Morgan fingerprint density at radius 3 is 2.80 bits per heavy atom. The lowest BCUT2D eigenvalue weighted by atomic mass is 9.71. The van der Waals surface area contributed by atoms with Gasteiger partial charge in [-0.2, -0.15) is 0 Å². The van der Waals surface area contributed by atoms with Crippen LogP contribution in [0.3, 0.4) is 0 Å². The van der Waals surface area contributed by atoms with Crippen molar-refractivity contribution in [2.75, 3.05) is 13.1 Å². The SMILES string of the molecule is O=C(c1cc(-n2cccc2)ccc1Cl)N1CC[C@@]2(O)CCCC[C@@H]2C1. The number of hydrogen-bond acceptors (Lipinski definition) is 2. The van der Waals surface area contributed by atoms with Gasteiger partial charge in [-0.05, 0) is 49.6 Å². The summed E-state index contributed by atoms with van der Waals surface area (Å²) in [6.07, 6.45) is 8.64. The van der Waals surface area contributed by atoms with E-state index in [4.69, 9.17) is 11.6 Å².